The van der Waals surface area contributed by atoms with Crippen molar-refractivity contribution in [1.82, 2.24) is 4.90 Å². The van der Waals surface area contributed by atoms with E-state index in [1.165, 1.54) is 28.8 Å². The molecule has 0 bridgehead atoms. The molecule has 1 aromatic carbocycles. The van der Waals surface area contributed by atoms with E-state index >= 15 is 0 Å². The number of anilines is 1. The summed E-state index contributed by atoms with van der Waals surface area (Å²) in [5.74, 6) is 0.635. The molecule has 0 radical (unpaired) electrons. The van der Waals surface area contributed by atoms with Crippen LogP contribution in [-0.4, -0.2) is 42.3 Å². The minimum Gasteiger partial charge on any atom is -0.388 e. The first-order valence-corrected chi connectivity index (χ1v) is 6.71. The normalized spacial score (nSPS) is 33.4. The Morgan fingerprint density at radius 2 is 2.28 bits per heavy atom. The van der Waals surface area contributed by atoms with Crippen LogP contribution in [0.4, 0.5) is 5.69 Å². The number of likely N-dealkylation sites (N-methyl/N-ethyl adjacent to an activating group) is 1. The number of rotatable bonds is 0. The fourth-order valence-electron chi connectivity index (χ4n) is 3.82. The Balaban J connectivity index is 1.92. The lowest BCUT2D eigenvalue weighted by atomic mass is 9.75. The predicted molar refractivity (Wildman–Crippen MR) is 72.7 cm³/mol. The molecular weight excluding hydrogens is 224 g/mol. The minimum atomic E-state index is -0.331. The molecule has 94 valence electrons. The van der Waals surface area contributed by atoms with Gasteiger partial charge < -0.3 is 10.4 Å². The summed E-state index contributed by atoms with van der Waals surface area (Å²) in [7, 11) is 2.12. The molecule has 2 N–H and O–H groups in total. The number of aliphatic hydroxyl groups is 1. The second-order valence-electron chi connectivity index (χ2n) is 5.73. The van der Waals surface area contributed by atoms with E-state index in [0.29, 0.717) is 12.0 Å². The van der Waals surface area contributed by atoms with Gasteiger partial charge in [0.05, 0.1) is 6.10 Å². The van der Waals surface area contributed by atoms with Gasteiger partial charge in [0.15, 0.2) is 0 Å². The SMILES string of the molecule is CN1C[C@H](O)C=C2c3cccc4c3[C@@H](CN4)C[C@H]21. The Kier molecular flexibility index (Phi) is 2.11. The molecule has 0 spiro atoms. The number of hydrogen-bond donors (Lipinski definition) is 2. The molecule has 1 aliphatic carbocycles. The molecule has 2 aliphatic heterocycles. The minimum absolute atomic E-state index is 0.331. The van der Waals surface area contributed by atoms with Gasteiger partial charge in [0.1, 0.15) is 0 Å². The zero-order valence-corrected chi connectivity index (χ0v) is 10.6. The molecule has 0 fully saturated rings. The highest BCUT2D eigenvalue weighted by Crippen LogP contribution is 2.47. The summed E-state index contributed by atoms with van der Waals surface area (Å²) in [5, 5.41) is 13.5. The maximum Gasteiger partial charge on any atom is 0.0854 e. The third-order valence-corrected chi connectivity index (χ3v) is 4.61. The van der Waals surface area contributed by atoms with Crippen molar-refractivity contribution in [2.24, 2.45) is 0 Å². The van der Waals surface area contributed by atoms with Gasteiger partial charge in [-0.15, -0.1) is 0 Å². The highest BCUT2D eigenvalue weighted by Gasteiger charge is 2.39. The lowest BCUT2D eigenvalue weighted by Gasteiger charge is -2.41. The molecule has 3 atom stereocenters. The van der Waals surface area contributed by atoms with Crippen LogP contribution in [0.1, 0.15) is 23.5 Å². The van der Waals surface area contributed by atoms with Gasteiger partial charge in [0.2, 0.25) is 0 Å². The van der Waals surface area contributed by atoms with Crippen molar-refractivity contribution >= 4 is 11.3 Å². The standard InChI is InChI=1S/C15H18N2O/c1-17-8-10(18)6-12-11-3-2-4-13-15(11)9(7-16-13)5-14(12)17/h2-4,6,9-10,14,16,18H,5,7-8H2,1H3/t9-,10-,14-/m1/s1. The van der Waals surface area contributed by atoms with Gasteiger partial charge in [-0.3, -0.25) is 4.90 Å². The Labute approximate surface area is 107 Å². The molecule has 3 heteroatoms. The van der Waals surface area contributed by atoms with E-state index in [1.54, 1.807) is 0 Å². The maximum atomic E-state index is 9.96. The van der Waals surface area contributed by atoms with E-state index < -0.39 is 0 Å². The first kappa shape index (κ1) is 10.6. The fourth-order valence-corrected chi connectivity index (χ4v) is 3.82. The van der Waals surface area contributed by atoms with E-state index in [2.05, 4.69) is 41.5 Å². The van der Waals surface area contributed by atoms with Crippen LogP contribution in [0.3, 0.4) is 0 Å². The quantitative estimate of drug-likeness (QED) is 0.726. The van der Waals surface area contributed by atoms with Crippen molar-refractivity contribution in [3.05, 3.63) is 35.4 Å². The molecule has 3 nitrogen and oxygen atoms in total. The van der Waals surface area contributed by atoms with Crippen molar-refractivity contribution in [2.75, 3.05) is 25.5 Å². The van der Waals surface area contributed by atoms with E-state index in [9.17, 15) is 5.11 Å². The first-order chi connectivity index (χ1) is 8.74. The Hall–Kier alpha value is -1.32. The van der Waals surface area contributed by atoms with E-state index in [1.807, 2.05) is 0 Å². The van der Waals surface area contributed by atoms with E-state index in [4.69, 9.17) is 0 Å². The van der Waals surface area contributed by atoms with Gasteiger partial charge in [0, 0.05) is 30.7 Å². The molecule has 4 rings (SSSR count). The van der Waals surface area contributed by atoms with Crippen molar-refractivity contribution in [1.29, 1.82) is 0 Å². The summed E-state index contributed by atoms with van der Waals surface area (Å²) in [6.45, 7) is 1.82. The number of nitrogens with one attached hydrogen (secondary N) is 1. The maximum absolute atomic E-state index is 9.96. The monoisotopic (exact) mass is 242 g/mol. The predicted octanol–water partition coefficient (Wildman–Crippen LogP) is 1.66. The number of fused-ring (bicyclic) bond motifs is 2. The van der Waals surface area contributed by atoms with Crippen LogP contribution in [-0.2, 0) is 0 Å². The number of aliphatic hydroxyl groups excluding tert-OH is 1. The average molecular weight is 242 g/mol. The molecule has 0 saturated carbocycles. The Morgan fingerprint density at radius 3 is 3.17 bits per heavy atom. The van der Waals surface area contributed by atoms with Gasteiger partial charge in [-0.05, 0) is 42.3 Å². The Bertz CT molecular complexity index is 537. The van der Waals surface area contributed by atoms with Crippen molar-refractivity contribution in [2.45, 2.75) is 24.5 Å². The van der Waals surface area contributed by atoms with Gasteiger partial charge in [-0.1, -0.05) is 12.1 Å². The average Bonchev–Trinajstić information content (AvgIpc) is 2.76. The molecule has 0 aromatic heterocycles. The Morgan fingerprint density at radius 1 is 1.39 bits per heavy atom. The van der Waals surface area contributed by atoms with Crippen molar-refractivity contribution in [3.8, 4) is 0 Å². The first-order valence-electron chi connectivity index (χ1n) is 6.71. The molecule has 18 heavy (non-hydrogen) atoms. The van der Waals surface area contributed by atoms with Crippen LogP contribution in [0.15, 0.2) is 24.3 Å². The zero-order valence-electron chi connectivity index (χ0n) is 10.6. The second kappa shape index (κ2) is 3.59. The molecule has 1 aromatic rings. The van der Waals surface area contributed by atoms with Crippen LogP contribution < -0.4 is 5.32 Å². The molecule has 0 amide bonds. The lowest BCUT2D eigenvalue weighted by Crippen LogP contribution is -2.44. The van der Waals surface area contributed by atoms with Crippen LogP contribution in [0.2, 0.25) is 0 Å². The summed E-state index contributed by atoms with van der Waals surface area (Å²) < 4.78 is 0. The smallest absolute Gasteiger partial charge is 0.0854 e. The highest BCUT2D eigenvalue weighted by atomic mass is 16.3. The van der Waals surface area contributed by atoms with Crippen molar-refractivity contribution in [3.63, 3.8) is 0 Å². The molecule has 2 heterocycles. The van der Waals surface area contributed by atoms with Crippen LogP contribution in [0, 0.1) is 0 Å². The van der Waals surface area contributed by atoms with Gasteiger partial charge in [-0.2, -0.15) is 0 Å². The van der Waals surface area contributed by atoms with Gasteiger partial charge >= 0.3 is 0 Å². The summed E-state index contributed by atoms with van der Waals surface area (Å²) in [4.78, 5) is 2.30. The summed E-state index contributed by atoms with van der Waals surface area (Å²) in [6.07, 6.45) is 2.91. The number of β-amino-alcohol motifs (C(OH)–C–C–N with tert-alkyl or cyclic N) is 1. The highest BCUT2D eigenvalue weighted by molar-refractivity contribution is 5.81. The number of nitrogens with zero attached hydrogens (tertiary/aromatic N) is 1. The fraction of sp³-hybridized carbons (Fsp3) is 0.467. The molecule has 3 aliphatic rings. The lowest BCUT2D eigenvalue weighted by molar-refractivity contribution is 0.133. The number of benzene rings is 1. The van der Waals surface area contributed by atoms with Crippen LogP contribution in [0.25, 0.3) is 5.57 Å². The van der Waals surface area contributed by atoms with Gasteiger partial charge in [-0.25, -0.2) is 0 Å². The molecule has 0 unspecified atom stereocenters. The van der Waals surface area contributed by atoms with Gasteiger partial charge in [0.25, 0.3) is 0 Å². The largest absolute Gasteiger partial charge is 0.388 e. The van der Waals surface area contributed by atoms with Crippen molar-refractivity contribution < 1.29 is 5.11 Å². The second-order valence-corrected chi connectivity index (χ2v) is 5.73. The summed E-state index contributed by atoms with van der Waals surface area (Å²) in [6, 6.07) is 6.97. The number of hydrogen-bond acceptors (Lipinski definition) is 3. The summed E-state index contributed by atoms with van der Waals surface area (Å²) in [5.41, 5.74) is 5.44. The zero-order chi connectivity index (χ0) is 12.3. The molecular formula is C15H18N2O. The van der Waals surface area contributed by atoms with E-state index in [0.717, 1.165) is 13.1 Å². The third kappa shape index (κ3) is 1.32. The van der Waals surface area contributed by atoms with Crippen LogP contribution in [0.5, 0.6) is 0 Å². The van der Waals surface area contributed by atoms with Crippen LogP contribution >= 0.6 is 0 Å². The topological polar surface area (TPSA) is 35.5 Å². The third-order valence-electron chi connectivity index (χ3n) is 4.61. The summed E-state index contributed by atoms with van der Waals surface area (Å²) >= 11 is 0. The molecule has 0 saturated heterocycles. The van der Waals surface area contributed by atoms with E-state index in [-0.39, 0.29) is 6.10 Å².